The van der Waals surface area contributed by atoms with Crippen molar-refractivity contribution in [3.05, 3.63) is 47.3 Å². The molecule has 0 unspecified atom stereocenters. The van der Waals surface area contributed by atoms with Crippen LogP contribution in [0.1, 0.15) is 26.5 Å². The summed E-state index contributed by atoms with van der Waals surface area (Å²) in [6, 6.07) is 9.01. The molecule has 102 valence electrons. The number of aromatic carboxylic acids is 1. The second-order valence-electron chi connectivity index (χ2n) is 4.68. The topological polar surface area (TPSA) is 75.4 Å². The van der Waals surface area contributed by atoms with Crippen molar-refractivity contribution in [2.45, 2.75) is 6.42 Å². The second-order valence-corrected chi connectivity index (χ2v) is 4.68. The molecular formula is C14H13N3O3. The number of aromatic nitrogens is 2. The predicted octanol–water partition coefficient (Wildman–Crippen LogP) is 1.32. The molecule has 0 fully saturated rings. The van der Waals surface area contributed by atoms with Gasteiger partial charge in [0.05, 0.1) is 0 Å². The van der Waals surface area contributed by atoms with Crippen LogP contribution in [0.2, 0.25) is 0 Å². The van der Waals surface area contributed by atoms with E-state index in [1.54, 1.807) is 4.90 Å². The molecule has 2 aromatic rings. The molecule has 0 aliphatic carbocycles. The summed E-state index contributed by atoms with van der Waals surface area (Å²) in [4.78, 5) is 25.1. The summed E-state index contributed by atoms with van der Waals surface area (Å²) in [6.07, 6.45) is 0.806. The second kappa shape index (κ2) is 4.48. The van der Waals surface area contributed by atoms with Gasteiger partial charge in [-0.1, -0.05) is 18.2 Å². The number of rotatable bonds is 2. The third-order valence-electron chi connectivity index (χ3n) is 3.45. The van der Waals surface area contributed by atoms with Gasteiger partial charge in [0.1, 0.15) is 5.69 Å². The minimum Gasteiger partial charge on any atom is -0.477 e. The maximum Gasteiger partial charge on any atom is 0.354 e. The Hall–Kier alpha value is -2.63. The number of aryl methyl sites for hydroxylation is 1. The Kier molecular flexibility index (Phi) is 2.78. The number of para-hydroxylation sites is 1. The van der Waals surface area contributed by atoms with Gasteiger partial charge in [0.15, 0.2) is 5.69 Å². The molecule has 6 heteroatoms. The van der Waals surface area contributed by atoms with Crippen molar-refractivity contribution in [2.75, 3.05) is 11.4 Å². The van der Waals surface area contributed by atoms with E-state index >= 15 is 0 Å². The Balaban J connectivity index is 1.95. The van der Waals surface area contributed by atoms with Gasteiger partial charge in [-0.15, -0.1) is 0 Å². The number of anilines is 1. The van der Waals surface area contributed by atoms with E-state index in [-0.39, 0.29) is 17.3 Å². The number of carbonyl (C=O) groups is 2. The maximum absolute atomic E-state index is 12.5. The molecule has 0 spiro atoms. The Morgan fingerprint density at radius 3 is 2.75 bits per heavy atom. The first-order chi connectivity index (χ1) is 9.58. The summed E-state index contributed by atoms with van der Waals surface area (Å²) in [5.74, 6) is -1.36. The fourth-order valence-corrected chi connectivity index (χ4v) is 2.46. The van der Waals surface area contributed by atoms with E-state index in [9.17, 15) is 9.59 Å². The molecule has 1 aromatic carbocycles. The number of carboxylic acid groups (broad SMARTS) is 1. The third-order valence-corrected chi connectivity index (χ3v) is 3.45. The van der Waals surface area contributed by atoms with Gasteiger partial charge in [0.2, 0.25) is 0 Å². The van der Waals surface area contributed by atoms with E-state index < -0.39 is 5.97 Å². The summed E-state index contributed by atoms with van der Waals surface area (Å²) in [5, 5.41) is 13.0. The highest BCUT2D eigenvalue weighted by atomic mass is 16.4. The lowest BCUT2D eigenvalue weighted by molar-refractivity contribution is 0.0685. The number of fused-ring (bicyclic) bond motifs is 1. The van der Waals surface area contributed by atoms with E-state index in [0.717, 1.165) is 17.7 Å². The van der Waals surface area contributed by atoms with Crippen LogP contribution in [0.3, 0.4) is 0 Å². The number of nitrogens with zero attached hydrogens (tertiary/aromatic N) is 3. The number of hydrogen-bond donors (Lipinski definition) is 1. The quantitative estimate of drug-likeness (QED) is 0.893. The molecule has 0 atom stereocenters. The minimum atomic E-state index is -1.10. The zero-order valence-corrected chi connectivity index (χ0v) is 10.9. The summed E-state index contributed by atoms with van der Waals surface area (Å²) >= 11 is 0. The lowest BCUT2D eigenvalue weighted by Gasteiger charge is -2.15. The number of carbonyl (C=O) groups excluding carboxylic acids is 1. The standard InChI is InChI=1S/C14H13N3O3/c1-16-12(14(19)20)8-10(15-16)13(18)17-7-6-9-4-2-3-5-11(9)17/h2-5,8H,6-7H2,1H3,(H,19,20). The maximum atomic E-state index is 12.5. The van der Waals surface area contributed by atoms with Gasteiger partial charge < -0.3 is 10.0 Å². The summed E-state index contributed by atoms with van der Waals surface area (Å²) < 4.78 is 1.21. The Bertz CT molecular complexity index is 705. The third kappa shape index (κ3) is 1.85. The van der Waals surface area contributed by atoms with Gasteiger partial charge >= 0.3 is 5.97 Å². The normalized spacial score (nSPS) is 13.3. The molecule has 0 saturated heterocycles. The molecular weight excluding hydrogens is 258 g/mol. The van der Waals surface area contributed by atoms with Crippen LogP contribution in [-0.2, 0) is 13.5 Å². The van der Waals surface area contributed by atoms with E-state index in [0.29, 0.717) is 6.54 Å². The van der Waals surface area contributed by atoms with Gasteiger partial charge in [0, 0.05) is 25.3 Å². The molecule has 1 aliphatic rings. The lowest BCUT2D eigenvalue weighted by atomic mass is 10.2. The predicted molar refractivity (Wildman–Crippen MR) is 72.0 cm³/mol. The zero-order chi connectivity index (χ0) is 14.3. The fraction of sp³-hybridized carbons (Fsp3) is 0.214. The van der Waals surface area contributed by atoms with Crippen LogP contribution in [-0.4, -0.2) is 33.3 Å². The van der Waals surface area contributed by atoms with Crippen LogP contribution >= 0.6 is 0 Å². The summed E-state index contributed by atoms with van der Waals surface area (Å²) in [6.45, 7) is 0.594. The SMILES string of the molecule is Cn1nc(C(=O)N2CCc3ccccc32)cc1C(=O)O. The molecule has 0 bridgehead atoms. The monoisotopic (exact) mass is 271 g/mol. The zero-order valence-electron chi connectivity index (χ0n) is 10.9. The fourth-order valence-electron chi connectivity index (χ4n) is 2.46. The van der Waals surface area contributed by atoms with E-state index in [1.807, 2.05) is 24.3 Å². The Morgan fingerprint density at radius 1 is 1.30 bits per heavy atom. The largest absolute Gasteiger partial charge is 0.477 e. The van der Waals surface area contributed by atoms with Crippen LogP contribution in [0.25, 0.3) is 0 Å². The summed E-state index contributed by atoms with van der Waals surface area (Å²) in [7, 11) is 1.51. The van der Waals surface area contributed by atoms with Crippen LogP contribution in [0.5, 0.6) is 0 Å². The first-order valence-corrected chi connectivity index (χ1v) is 6.25. The Morgan fingerprint density at radius 2 is 2.05 bits per heavy atom. The molecule has 1 aromatic heterocycles. The van der Waals surface area contributed by atoms with Crippen LogP contribution < -0.4 is 4.90 Å². The van der Waals surface area contributed by atoms with Gasteiger partial charge in [-0.3, -0.25) is 9.48 Å². The van der Waals surface area contributed by atoms with Crippen molar-refractivity contribution >= 4 is 17.6 Å². The molecule has 1 amide bonds. The molecule has 2 heterocycles. The number of benzene rings is 1. The van der Waals surface area contributed by atoms with Gasteiger partial charge in [-0.25, -0.2) is 4.79 Å². The average Bonchev–Trinajstić information content (AvgIpc) is 3.01. The minimum absolute atomic E-state index is 0.000770. The summed E-state index contributed by atoms with van der Waals surface area (Å²) in [5.41, 5.74) is 2.15. The molecule has 0 saturated carbocycles. The van der Waals surface area contributed by atoms with Crippen molar-refractivity contribution in [3.63, 3.8) is 0 Å². The van der Waals surface area contributed by atoms with Crippen LogP contribution in [0.15, 0.2) is 30.3 Å². The lowest BCUT2D eigenvalue weighted by Crippen LogP contribution is -2.29. The van der Waals surface area contributed by atoms with E-state index in [4.69, 9.17) is 5.11 Å². The molecule has 0 radical (unpaired) electrons. The molecule has 20 heavy (non-hydrogen) atoms. The van der Waals surface area contributed by atoms with Crippen molar-refractivity contribution in [1.82, 2.24) is 9.78 Å². The Labute approximate surface area is 115 Å². The van der Waals surface area contributed by atoms with E-state index in [1.165, 1.54) is 17.8 Å². The average molecular weight is 271 g/mol. The van der Waals surface area contributed by atoms with Gasteiger partial charge in [-0.05, 0) is 18.1 Å². The van der Waals surface area contributed by atoms with Gasteiger partial charge in [-0.2, -0.15) is 5.10 Å². The van der Waals surface area contributed by atoms with Crippen molar-refractivity contribution in [3.8, 4) is 0 Å². The number of carboxylic acids is 1. The van der Waals surface area contributed by atoms with Crippen molar-refractivity contribution in [1.29, 1.82) is 0 Å². The highest BCUT2D eigenvalue weighted by Gasteiger charge is 2.27. The first kappa shape index (κ1) is 12.4. The molecule has 1 aliphatic heterocycles. The molecule has 3 rings (SSSR count). The smallest absolute Gasteiger partial charge is 0.354 e. The highest BCUT2D eigenvalue weighted by molar-refractivity contribution is 6.07. The number of amides is 1. The number of hydrogen-bond acceptors (Lipinski definition) is 3. The first-order valence-electron chi connectivity index (χ1n) is 6.25. The van der Waals surface area contributed by atoms with Crippen molar-refractivity contribution < 1.29 is 14.7 Å². The van der Waals surface area contributed by atoms with Crippen molar-refractivity contribution in [2.24, 2.45) is 7.05 Å². The highest BCUT2D eigenvalue weighted by Crippen LogP contribution is 2.28. The molecule has 6 nitrogen and oxygen atoms in total. The molecule has 1 N–H and O–H groups in total. The van der Waals surface area contributed by atoms with Crippen LogP contribution in [0.4, 0.5) is 5.69 Å². The van der Waals surface area contributed by atoms with Crippen LogP contribution in [0, 0.1) is 0 Å². The van der Waals surface area contributed by atoms with Gasteiger partial charge in [0.25, 0.3) is 5.91 Å². The van der Waals surface area contributed by atoms with E-state index in [2.05, 4.69) is 5.10 Å².